The first-order valence-electron chi connectivity index (χ1n) is 4.17. The number of hydrogen-bond acceptors (Lipinski definition) is 3. The van der Waals surface area contributed by atoms with Gasteiger partial charge in [0.15, 0.2) is 3.92 Å². The van der Waals surface area contributed by atoms with Crippen molar-refractivity contribution in [2.45, 2.75) is 19.4 Å². The van der Waals surface area contributed by atoms with E-state index in [-0.39, 0.29) is 0 Å². The quantitative estimate of drug-likeness (QED) is 0.798. The molecule has 0 spiro atoms. The lowest BCUT2D eigenvalue weighted by molar-refractivity contribution is 0.334. The zero-order valence-electron chi connectivity index (χ0n) is 6.79. The van der Waals surface area contributed by atoms with Crippen molar-refractivity contribution in [1.29, 1.82) is 0 Å². The maximum Gasteiger partial charge on any atom is 0.159 e. The third kappa shape index (κ3) is 2.06. The van der Waals surface area contributed by atoms with Crippen LogP contribution < -0.4 is 0 Å². The van der Waals surface area contributed by atoms with Gasteiger partial charge in [0.1, 0.15) is 0 Å². The molecule has 0 unspecified atom stereocenters. The lowest BCUT2D eigenvalue weighted by atomic mass is 10.4. The van der Waals surface area contributed by atoms with Crippen molar-refractivity contribution >= 4 is 27.3 Å². The Morgan fingerprint density at radius 3 is 2.83 bits per heavy atom. The summed E-state index contributed by atoms with van der Waals surface area (Å²) in [4.78, 5) is 8.02. The molecule has 66 valence electrons. The van der Waals surface area contributed by atoms with Gasteiger partial charge in [-0.05, 0) is 41.9 Å². The van der Waals surface area contributed by atoms with Gasteiger partial charge in [-0.3, -0.25) is 4.90 Å². The molecule has 4 heteroatoms. The molecule has 2 heterocycles. The predicted octanol–water partition coefficient (Wildman–Crippen LogP) is 2.50. The minimum Gasteiger partial charge on any atom is -0.298 e. The van der Waals surface area contributed by atoms with E-state index in [2.05, 4.69) is 25.8 Å². The number of aromatic nitrogens is 1. The third-order valence-electron chi connectivity index (χ3n) is 2.10. The first-order chi connectivity index (χ1) is 5.84. The molecule has 1 aliphatic rings. The fourth-order valence-electron chi connectivity index (χ4n) is 1.52. The van der Waals surface area contributed by atoms with Gasteiger partial charge in [-0.15, -0.1) is 11.3 Å². The molecule has 1 saturated heterocycles. The Kier molecular flexibility index (Phi) is 2.78. The van der Waals surface area contributed by atoms with Gasteiger partial charge in [0.2, 0.25) is 0 Å². The Labute approximate surface area is 84.7 Å². The summed E-state index contributed by atoms with van der Waals surface area (Å²) >= 11 is 5.11. The maximum absolute atomic E-state index is 4.17. The minimum absolute atomic E-state index is 0.997. The molecule has 0 bridgehead atoms. The van der Waals surface area contributed by atoms with Crippen molar-refractivity contribution in [2.24, 2.45) is 0 Å². The molecule has 1 aromatic rings. The number of likely N-dealkylation sites (tertiary alicyclic amines) is 1. The number of thiazole rings is 1. The minimum atomic E-state index is 0.997. The van der Waals surface area contributed by atoms with E-state index in [1.54, 1.807) is 11.3 Å². The molecule has 0 atom stereocenters. The van der Waals surface area contributed by atoms with Gasteiger partial charge in [-0.1, -0.05) is 0 Å². The van der Waals surface area contributed by atoms with E-state index in [4.69, 9.17) is 0 Å². The molecule has 0 N–H and O–H groups in total. The predicted molar refractivity (Wildman–Crippen MR) is 54.3 cm³/mol. The van der Waals surface area contributed by atoms with Gasteiger partial charge in [-0.2, -0.15) is 0 Å². The van der Waals surface area contributed by atoms with Crippen LogP contribution in [-0.2, 0) is 6.54 Å². The van der Waals surface area contributed by atoms with Crippen molar-refractivity contribution in [1.82, 2.24) is 9.88 Å². The number of nitrogens with zero attached hydrogens (tertiary/aromatic N) is 2. The van der Waals surface area contributed by atoms with Crippen molar-refractivity contribution in [3.05, 3.63) is 15.0 Å². The lowest BCUT2D eigenvalue weighted by Crippen LogP contribution is -2.17. The Bertz CT molecular complexity index is 255. The van der Waals surface area contributed by atoms with Gasteiger partial charge in [-0.25, -0.2) is 4.98 Å². The summed E-state index contributed by atoms with van der Waals surface area (Å²) < 4.78 is 0.997. The highest BCUT2D eigenvalue weighted by molar-refractivity contribution is 9.11. The van der Waals surface area contributed by atoms with E-state index in [1.807, 2.05) is 6.20 Å². The summed E-state index contributed by atoms with van der Waals surface area (Å²) in [7, 11) is 0. The topological polar surface area (TPSA) is 16.1 Å². The zero-order valence-corrected chi connectivity index (χ0v) is 9.20. The number of halogens is 1. The van der Waals surface area contributed by atoms with Gasteiger partial charge in [0.05, 0.1) is 0 Å². The van der Waals surface area contributed by atoms with Crippen LogP contribution in [0.1, 0.15) is 17.7 Å². The third-order valence-corrected chi connectivity index (χ3v) is 3.56. The molecule has 0 aliphatic carbocycles. The molecule has 2 rings (SSSR count). The normalized spacial score (nSPS) is 18.8. The summed E-state index contributed by atoms with van der Waals surface area (Å²) in [6.45, 7) is 3.61. The van der Waals surface area contributed by atoms with Gasteiger partial charge < -0.3 is 0 Å². The van der Waals surface area contributed by atoms with E-state index >= 15 is 0 Å². The molecular weight excluding hydrogens is 236 g/mol. The molecule has 0 aromatic carbocycles. The van der Waals surface area contributed by atoms with E-state index in [9.17, 15) is 0 Å². The van der Waals surface area contributed by atoms with Gasteiger partial charge in [0.25, 0.3) is 0 Å². The molecule has 12 heavy (non-hydrogen) atoms. The van der Waals surface area contributed by atoms with Crippen LogP contribution in [0.3, 0.4) is 0 Å². The molecule has 1 fully saturated rings. The number of hydrogen-bond donors (Lipinski definition) is 0. The summed E-state index contributed by atoms with van der Waals surface area (Å²) in [6.07, 6.45) is 4.69. The van der Waals surface area contributed by atoms with Crippen LogP contribution in [-0.4, -0.2) is 23.0 Å². The average molecular weight is 247 g/mol. The summed E-state index contributed by atoms with van der Waals surface area (Å²) in [6, 6.07) is 0. The second kappa shape index (κ2) is 3.85. The van der Waals surface area contributed by atoms with E-state index in [1.165, 1.54) is 30.8 Å². The fraction of sp³-hybridized carbons (Fsp3) is 0.625. The Balaban J connectivity index is 1.94. The van der Waals surface area contributed by atoms with Crippen LogP contribution in [0.4, 0.5) is 0 Å². The largest absolute Gasteiger partial charge is 0.298 e. The highest BCUT2D eigenvalue weighted by atomic mass is 79.9. The summed E-state index contributed by atoms with van der Waals surface area (Å²) in [5.74, 6) is 0. The monoisotopic (exact) mass is 246 g/mol. The maximum atomic E-state index is 4.17. The van der Waals surface area contributed by atoms with Crippen LogP contribution in [0.5, 0.6) is 0 Å². The SMILES string of the molecule is Brc1ncc(CN2CCCC2)s1. The van der Waals surface area contributed by atoms with Crippen molar-refractivity contribution in [2.75, 3.05) is 13.1 Å². The molecule has 2 nitrogen and oxygen atoms in total. The first kappa shape index (κ1) is 8.66. The molecule has 0 saturated carbocycles. The first-order valence-corrected chi connectivity index (χ1v) is 5.78. The second-order valence-electron chi connectivity index (χ2n) is 3.06. The van der Waals surface area contributed by atoms with Crippen molar-refractivity contribution in [3.8, 4) is 0 Å². The molecule has 0 radical (unpaired) electrons. The Morgan fingerprint density at radius 2 is 2.25 bits per heavy atom. The van der Waals surface area contributed by atoms with Gasteiger partial charge >= 0.3 is 0 Å². The Hall–Kier alpha value is 0.0700. The Morgan fingerprint density at radius 1 is 1.50 bits per heavy atom. The van der Waals surface area contributed by atoms with E-state index < -0.39 is 0 Å². The fourth-order valence-corrected chi connectivity index (χ4v) is 2.92. The van der Waals surface area contributed by atoms with Crippen LogP contribution in [0.2, 0.25) is 0 Å². The van der Waals surface area contributed by atoms with Crippen molar-refractivity contribution in [3.63, 3.8) is 0 Å². The lowest BCUT2D eigenvalue weighted by Gasteiger charge is -2.11. The van der Waals surface area contributed by atoms with Crippen LogP contribution in [0.15, 0.2) is 10.1 Å². The van der Waals surface area contributed by atoms with E-state index in [0.29, 0.717) is 0 Å². The standard InChI is InChI=1S/C8H11BrN2S/c9-8-10-5-7(12-8)6-11-3-1-2-4-11/h5H,1-4,6H2. The van der Waals surface area contributed by atoms with Crippen LogP contribution in [0, 0.1) is 0 Å². The van der Waals surface area contributed by atoms with E-state index in [0.717, 1.165) is 10.5 Å². The molecule has 1 aromatic heterocycles. The van der Waals surface area contributed by atoms with Crippen LogP contribution in [0.25, 0.3) is 0 Å². The zero-order chi connectivity index (χ0) is 8.39. The van der Waals surface area contributed by atoms with Crippen LogP contribution >= 0.6 is 27.3 Å². The van der Waals surface area contributed by atoms with Gasteiger partial charge in [0, 0.05) is 17.6 Å². The molecular formula is C8H11BrN2S. The number of rotatable bonds is 2. The highest BCUT2D eigenvalue weighted by Crippen LogP contribution is 2.21. The summed E-state index contributed by atoms with van der Waals surface area (Å²) in [5, 5.41) is 0. The average Bonchev–Trinajstić information content (AvgIpc) is 2.63. The van der Waals surface area contributed by atoms with Crippen molar-refractivity contribution < 1.29 is 0 Å². The smallest absolute Gasteiger partial charge is 0.159 e. The summed E-state index contributed by atoms with van der Waals surface area (Å²) in [5.41, 5.74) is 0. The highest BCUT2D eigenvalue weighted by Gasteiger charge is 2.12. The molecule has 1 aliphatic heterocycles. The molecule has 0 amide bonds. The second-order valence-corrected chi connectivity index (χ2v) is 5.45.